The molecule has 0 bridgehead atoms. The van der Waals surface area contributed by atoms with Crippen LogP contribution in [0, 0.1) is 0 Å². The van der Waals surface area contributed by atoms with E-state index in [1.807, 2.05) is 24.3 Å². The van der Waals surface area contributed by atoms with Crippen molar-refractivity contribution in [2.75, 3.05) is 7.11 Å². The van der Waals surface area contributed by atoms with Crippen molar-refractivity contribution in [1.82, 2.24) is 4.98 Å². The van der Waals surface area contributed by atoms with Gasteiger partial charge in [0.1, 0.15) is 5.75 Å². The molecule has 0 amide bonds. The summed E-state index contributed by atoms with van der Waals surface area (Å²) >= 11 is 7.10. The van der Waals surface area contributed by atoms with E-state index in [4.69, 9.17) is 16.3 Å². The third-order valence-electron chi connectivity index (χ3n) is 2.32. The summed E-state index contributed by atoms with van der Waals surface area (Å²) in [6.07, 6.45) is 1.68. The van der Waals surface area contributed by atoms with Gasteiger partial charge in [-0.15, -0.1) is 22.9 Å². The van der Waals surface area contributed by atoms with Crippen molar-refractivity contribution in [3.05, 3.63) is 40.9 Å². The Kier molecular flexibility index (Phi) is 4.74. The number of alkyl halides is 1. The molecule has 0 aliphatic carbocycles. The zero-order valence-electron chi connectivity index (χ0n) is 9.76. The van der Waals surface area contributed by atoms with Crippen LogP contribution >= 0.6 is 22.9 Å². The summed E-state index contributed by atoms with van der Waals surface area (Å²) in [5, 5.41) is 0. The number of nitrogens with zero attached hydrogens (tertiary/aromatic N) is 1. The molecule has 96 valence electrons. The van der Waals surface area contributed by atoms with Crippen LogP contribution in [-0.2, 0) is 22.4 Å². The molecule has 1 atom stereocenters. The zero-order chi connectivity index (χ0) is 13.0. The zero-order valence-corrected chi connectivity index (χ0v) is 12.1. The first-order valence-corrected chi connectivity index (χ1v) is 7.92. The number of methoxy groups -OCH3 is 1. The van der Waals surface area contributed by atoms with E-state index in [-0.39, 0.29) is 0 Å². The van der Waals surface area contributed by atoms with E-state index >= 15 is 0 Å². The van der Waals surface area contributed by atoms with Gasteiger partial charge in [-0.05, 0) is 17.7 Å². The summed E-state index contributed by atoms with van der Waals surface area (Å²) < 4.78 is 17.8. The van der Waals surface area contributed by atoms with Gasteiger partial charge >= 0.3 is 0 Å². The summed E-state index contributed by atoms with van der Waals surface area (Å²) in [4.78, 5) is 5.07. The number of aromatic nitrogens is 1. The van der Waals surface area contributed by atoms with Gasteiger partial charge in [0.05, 0.1) is 29.5 Å². The second-order valence-corrected chi connectivity index (χ2v) is 6.57. The molecule has 0 aliphatic rings. The van der Waals surface area contributed by atoms with Crippen molar-refractivity contribution in [2.24, 2.45) is 0 Å². The van der Waals surface area contributed by atoms with Crippen LogP contribution in [0.15, 0.2) is 34.8 Å². The number of halogens is 1. The highest BCUT2D eigenvalue weighted by molar-refractivity contribution is 7.86. The van der Waals surface area contributed by atoms with E-state index < -0.39 is 10.8 Å². The van der Waals surface area contributed by atoms with Gasteiger partial charge in [-0.2, -0.15) is 0 Å². The first-order valence-electron chi connectivity index (χ1n) is 5.25. The van der Waals surface area contributed by atoms with Crippen LogP contribution in [0.4, 0.5) is 0 Å². The predicted molar refractivity (Wildman–Crippen MR) is 74.8 cm³/mol. The van der Waals surface area contributed by atoms with Gasteiger partial charge in [-0.3, -0.25) is 4.21 Å². The maximum Gasteiger partial charge on any atom is 0.181 e. The van der Waals surface area contributed by atoms with Crippen LogP contribution in [0.25, 0.3) is 0 Å². The van der Waals surface area contributed by atoms with Crippen LogP contribution in [0.2, 0.25) is 0 Å². The minimum absolute atomic E-state index is 0.414. The first-order chi connectivity index (χ1) is 8.72. The Bertz CT molecular complexity index is 539. The summed E-state index contributed by atoms with van der Waals surface area (Å²) in [5.41, 5.74) is 0.997. The highest BCUT2D eigenvalue weighted by Crippen LogP contribution is 2.21. The van der Waals surface area contributed by atoms with Crippen LogP contribution in [-0.4, -0.2) is 16.3 Å². The van der Waals surface area contributed by atoms with E-state index in [1.54, 1.807) is 13.3 Å². The van der Waals surface area contributed by atoms with Crippen LogP contribution < -0.4 is 4.74 Å². The third-order valence-corrected chi connectivity index (χ3v) is 5.45. The molecule has 18 heavy (non-hydrogen) atoms. The molecule has 0 saturated heterocycles. The van der Waals surface area contributed by atoms with Crippen molar-refractivity contribution in [2.45, 2.75) is 16.0 Å². The molecule has 2 rings (SSSR count). The van der Waals surface area contributed by atoms with Gasteiger partial charge in [0.15, 0.2) is 4.34 Å². The molecule has 1 heterocycles. The lowest BCUT2D eigenvalue weighted by molar-refractivity contribution is 0.414. The fourth-order valence-electron chi connectivity index (χ4n) is 1.39. The first kappa shape index (κ1) is 13.5. The lowest BCUT2D eigenvalue weighted by Crippen LogP contribution is -1.95. The Balaban J connectivity index is 2.06. The molecule has 6 heteroatoms. The van der Waals surface area contributed by atoms with E-state index in [1.165, 1.54) is 11.3 Å². The third kappa shape index (κ3) is 3.31. The summed E-state index contributed by atoms with van der Waals surface area (Å²) in [6.45, 7) is 0. The van der Waals surface area contributed by atoms with Crippen LogP contribution in [0.5, 0.6) is 5.75 Å². The van der Waals surface area contributed by atoms with Gasteiger partial charge in [-0.1, -0.05) is 12.1 Å². The lowest BCUT2D eigenvalue weighted by atomic mass is 10.2. The maximum atomic E-state index is 12.1. The molecule has 1 aromatic heterocycles. The van der Waals surface area contributed by atoms with Gasteiger partial charge in [0.2, 0.25) is 0 Å². The summed E-state index contributed by atoms with van der Waals surface area (Å²) in [5.74, 6) is 1.67. The number of hydrogen-bond donors (Lipinski definition) is 0. The number of benzene rings is 1. The Hall–Kier alpha value is -0.910. The van der Waals surface area contributed by atoms with Crippen molar-refractivity contribution in [1.29, 1.82) is 0 Å². The minimum atomic E-state index is -1.12. The van der Waals surface area contributed by atoms with Crippen molar-refractivity contribution < 1.29 is 8.95 Å². The molecule has 3 nitrogen and oxygen atoms in total. The molecule has 2 aromatic rings. The monoisotopic (exact) mass is 301 g/mol. The molecule has 0 saturated carbocycles. The van der Waals surface area contributed by atoms with Crippen molar-refractivity contribution in [3.63, 3.8) is 0 Å². The Labute approximate surface area is 117 Å². The van der Waals surface area contributed by atoms with E-state index in [0.717, 1.165) is 16.2 Å². The fraction of sp³-hybridized carbons (Fsp3) is 0.250. The topological polar surface area (TPSA) is 39.2 Å². The molecule has 0 spiro atoms. The highest BCUT2D eigenvalue weighted by atomic mass is 35.5. The van der Waals surface area contributed by atoms with E-state index in [9.17, 15) is 4.21 Å². The second-order valence-electron chi connectivity index (χ2n) is 3.56. The lowest BCUT2D eigenvalue weighted by Gasteiger charge is -2.02. The van der Waals surface area contributed by atoms with Crippen molar-refractivity contribution >= 4 is 33.7 Å². The fourth-order valence-corrected chi connectivity index (χ4v) is 3.77. The van der Waals surface area contributed by atoms with Gasteiger partial charge < -0.3 is 4.74 Å². The second kappa shape index (κ2) is 6.31. The molecule has 0 radical (unpaired) electrons. The smallest absolute Gasteiger partial charge is 0.181 e. The van der Waals surface area contributed by atoms with Gasteiger partial charge in [0.25, 0.3) is 0 Å². The van der Waals surface area contributed by atoms with E-state index in [0.29, 0.717) is 16.0 Å². The molecule has 0 fully saturated rings. The molecular weight excluding hydrogens is 290 g/mol. The van der Waals surface area contributed by atoms with Crippen molar-refractivity contribution in [3.8, 4) is 5.75 Å². The SMILES string of the molecule is COc1ccc(CS(=O)c2ncc(CCl)s2)cc1. The molecule has 0 N–H and O–H groups in total. The highest BCUT2D eigenvalue weighted by Gasteiger charge is 2.10. The summed E-state index contributed by atoms with van der Waals surface area (Å²) in [7, 11) is 0.506. The van der Waals surface area contributed by atoms with Gasteiger partial charge in [0, 0.05) is 11.1 Å². The minimum Gasteiger partial charge on any atom is -0.497 e. The largest absolute Gasteiger partial charge is 0.497 e. The van der Waals surface area contributed by atoms with Crippen LogP contribution in [0.1, 0.15) is 10.4 Å². The van der Waals surface area contributed by atoms with Crippen LogP contribution in [0.3, 0.4) is 0 Å². The average Bonchev–Trinajstić information content (AvgIpc) is 2.88. The maximum absolute atomic E-state index is 12.1. The Morgan fingerprint density at radius 3 is 2.67 bits per heavy atom. The number of thiazole rings is 1. The normalized spacial score (nSPS) is 12.3. The summed E-state index contributed by atoms with van der Waals surface area (Å²) in [6, 6.07) is 7.54. The molecule has 0 aliphatic heterocycles. The number of hydrogen-bond acceptors (Lipinski definition) is 4. The molecule has 1 unspecified atom stereocenters. The number of ether oxygens (including phenoxy) is 1. The van der Waals surface area contributed by atoms with E-state index in [2.05, 4.69) is 4.98 Å². The number of rotatable bonds is 5. The average molecular weight is 302 g/mol. The standard InChI is InChI=1S/C12H12ClNO2S2/c1-16-10-4-2-9(3-5-10)8-18(15)12-14-7-11(6-13)17-12/h2-5,7H,6,8H2,1H3. The Morgan fingerprint density at radius 1 is 1.39 bits per heavy atom. The predicted octanol–water partition coefficient (Wildman–Crippen LogP) is 3.20. The molecular formula is C12H12ClNO2S2. The molecule has 1 aromatic carbocycles. The quantitative estimate of drug-likeness (QED) is 0.796. The van der Waals surface area contributed by atoms with Gasteiger partial charge in [-0.25, -0.2) is 4.98 Å². The Morgan fingerprint density at radius 2 is 2.11 bits per heavy atom.